The summed E-state index contributed by atoms with van der Waals surface area (Å²) in [5, 5.41) is 5.58. The van der Waals surface area contributed by atoms with Gasteiger partial charge in [-0.15, -0.1) is 0 Å². The Morgan fingerprint density at radius 2 is 1.64 bits per heavy atom. The molecule has 4 N–H and O–H groups in total. The first-order chi connectivity index (χ1) is 10.2. The Morgan fingerprint density at radius 3 is 2.09 bits per heavy atom. The molecule has 22 heavy (non-hydrogen) atoms. The van der Waals surface area contributed by atoms with Crippen molar-refractivity contribution >= 4 is 23.2 Å². The van der Waals surface area contributed by atoms with Gasteiger partial charge in [0.2, 0.25) is 11.8 Å². The van der Waals surface area contributed by atoms with Crippen LogP contribution in [0.1, 0.15) is 26.7 Å². The molecule has 0 saturated carbocycles. The number of amides is 2. The summed E-state index contributed by atoms with van der Waals surface area (Å²) in [6.45, 7) is 4.03. The average molecular weight is 306 g/mol. The molecule has 122 valence electrons. The van der Waals surface area contributed by atoms with Gasteiger partial charge in [0.15, 0.2) is 0 Å². The van der Waals surface area contributed by atoms with Crippen molar-refractivity contribution in [3.05, 3.63) is 24.3 Å². The second-order valence-corrected chi connectivity index (χ2v) is 5.98. The predicted octanol–water partition coefficient (Wildman–Crippen LogP) is 1.64. The molecule has 0 aliphatic carbocycles. The SMILES string of the molecule is CCCC(C)(N)C(=O)Nc1ccc(NC(=O)CN(C)C)cc1. The van der Waals surface area contributed by atoms with Gasteiger partial charge in [0, 0.05) is 11.4 Å². The van der Waals surface area contributed by atoms with Gasteiger partial charge in [0.05, 0.1) is 12.1 Å². The number of nitrogens with zero attached hydrogens (tertiary/aromatic N) is 1. The Labute approximate surface area is 132 Å². The lowest BCUT2D eigenvalue weighted by molar-refractivity contribution is -0.121. The number of hydrogen-bond acceptors (Lipinski definition) is 4. The molecule has 0 aromatic heterocycles. The minimum absolute atomic E-state index is 0.0840. The lowest BCUT2D eigenvalue weighted by atomic mass is 9.96. The lowest BCUT2D eigenvalue weighted by Gasteiger charge is -2.22. The third-order valence-electron chi connectivity index (χ3n) is 3.17. The van der Waals surface area contributed by atoms with Crippen LogP contribution in [0.15, 0.2) is 24.3 Å². The van der Waals surface area contributed by atoms with Gasteiger partial charge in [-0.3, -0.25) is 9.59 Å². The van der Waals surface area contributed by atoms with Crippen molar-refractivity contribution in [1.29, 1.82) is 0 Å². The van der Waals surface area contributed by atoms with Crippen LogP contribution in [0.2, 0.25) is 0 Å². The maximum absolute atomic E-state index is 12.1. The Kier molecular flexibility index (Phi) is 6.52. The molecule has 0 saturated heterocycles. The molecule has 1 unspecified atom stereocenters. The number of carbonyl (C=O) groups excluding carboxylic acids is 2. The van der Waals surface area contributed by atoms with E-state index in [4.69, 9.17) is 5.73 Å². The zero-order chi connectivity index (χ0) is 16.8. The number of nitrogens with two attached hydrogens (primary N) is 1. The highest BCUT2D eigenvalue weighted by Crippen LogP contribution is 2.16. The fourth-order valence-corrected chi connectivity index (χ4v) is 2.03. The van der Waals surface area contributed by atoms with E-state index in [1.807, 2.05) is 21.0 Å². The fourth-order valence-electron chi connectivity index (χ4n) is 2.03. The second-order valence-electron chi connectivity index (χ2n) is 5.98. The van der Waals surface area contributed by atoms with E-state index in [1.54, 1.807) is 36.1 Å². The quantitative estimate of drug-likeness (QED) is 0.714. The van der Waals surface area contributed by atoms with Gasteiger partial charge in [-0.1, -0.05) is 13.3 Å². The number of benzene rings is 1. The molecule has 0 heterocycles. The summed E-state index contributed by atoms with van der Waals surface area (Å²) >= 11 is 0. The van der Waals surface area contributed by atoms with Crippen molar-refractivity contribution in [2.75, 3.05) is 31.3 Å². The average Bonchev–Trinajstić information content (AvgIpc) is 2.39. The van der Waals surface area contributed by atoms with Crippen molar-refractivity contribution in [3.63, 3.8) is 0 Å². The molecule has 0 radical (unpaired) electrons. The van der Waals surface area contributed by atoms with Crippen molar-refractivity contribution in [2.45, 2.75) is 32.2 Å². The second kappa shape index (κ2) is 7.91. The number of hydrogen-bond donors (Lipinski definition) is 3. The highest BCUT2D eigenvalue weighted by Gasteiger charge is 2.27. The first-order valence-electron chi connectivity index (χ1n) is 7.39. The zero-order valence-corrected chi connectivity index (χ0v) is 13.8. The minimum Gasteiger partial charge on any atom is -0.325 e. The highest BCUT2D eigenvalue weighted by atomic mass is 16.2. The van der Waals surface area contributed by atoms with E-state index < -0.39 is 5.54 Å². The number of carbonyl (C=O) groups is 2. The van der Waals surface area contributed by atoms with Crippen LogP contribution in [0.4, 0.5) is 11.4 Å². The third-order valence-corrected chi connectivity index (χ3v) is 3.17. The van der Waals surface area contributed by atoms with Crippen LogP contribution in [0.5, 0.6) is 0 Å². The predicted molar refractivity (Wildman–Crippen MR) is 89.8 cm³/mol. The summed E-state index contributed by atoms with van der Waals surface area (Å²) in [5.74, 6) is -0.294. The van der Waals surface area contributed by atoms with Crippen LogP contribution in [0, 0.1) is 0 Å². The van der Waals surface area contributed by atoms with Crippen LogP contribution in [-0.2, 0) is 9.59 Å². The molecule has 1 aromatic rings. The summed E-state index contributed by atoms with van der Waals surface area (Å²) in [6, 6.07) is 6.98. The van der Waals surface area contributed by atoms with Gasteiger partial charge in [-0.25, -0.2) is 0 Å². The normalized spacial score (nSPS) is 13.5. The molecule has 0 spiro atoms. The highest BCUT2D eigenvalue weighted by molar-refractivity contribution is 5.98. The maximum Gasteiger partial charge on any atom is 0.244 e. The molecular weight excluding hydrogens is 280 g/mol. The first-order valence-corrected chi connectivity index (χ1v) is 7.39. The van der Waals surface area contributed by atoms with Crippen molar-refractivity contribution in [1.82, 2.24) is 4.90 Å². The summed E-state index contributed by atoms with van der Waals surface area (Å²) in [7, 11) is 3.66. The molecule has 6 nitrogen and oxygen atoms in total. The maximum atomic E-state index is 12.1. The molecule has 2 amide bonds. The van der Waals surface area contributed by atoms with Gasteiger partial charge in [-0.05, 0) is 51.7 Å². The first kappa shape index (κ1) is 18.1. The Hall–Kier alpha value is -1.92. The number of nitrogens with one attached hydrogen (secondary N) is 2. The van der Waals surface area contributed by atoms with E-state index in [9.17, 15) is 9.59 Å². The van der Waals surface area contributed by atoms with Crippen LogP contribution in [0.25, 0.3) is 0 Å². The Bertz CT molecular complexity index is 509. The molecule has 0 fully saturated rings. The van der Waals surface area contributed by atoms with Crippen LogP contribution < -0.4 is 16.4 Å². The fraction of sp³-hybridized carbons (Fsp3) is 0.500. The van der Waals surface area contributed by atoms with E-state index in [1.165, 1.54) is 0 Å². The van der Waals surface area contributed by atoms with E-state index in [0.29, 0.717) is 24.3 Å². The van der Waals surface area contributed by atoms with Crippen molar-refractivity contribution in [3.8, 4) is 0 Å². The monoisotopic (exact) mass is 306 g/mol. The number of anilines is 2. The standard InChI is InChI=1S/C16H26N4O2/c1-5-10-16(2,17)15(22)19-13-8-6-12(7-9-13)18-14(21)11-20(3)4/h6-9H,5,10-11,17H2,1-4H3,(H,18,21)(H,19,22). The molecule has 6 heteroatoms. The van der Waals surface area contributed by atoms with Crippen LogP contribution in [0.3, 0.4) is 0 Å². The van der Waals surface area contributed by atoms with Crippen molar-refractivity contribution < 1.29 is 9.59 Å². The van der Waals surface area contributed by atoms with Crippen LogP contribution >= 0.6 is 0 Å². The summed E-state index contributed by atoms with van der Waals surface area (Å²) in [6.07, 6.45) is 1.47. The summed E-state index contributed by atoms with van der Waals surface area (Å²) in [5.41, 5.74) is 6.45. The van der Waals surface area contributed by atoms with Gasteiger partial charge >= 0.3 is 0 Å². The molecule has 0 aliphatic rings. The molecule has 1 aromatic carbocycles. The third kappa shape index (κ3) is 5.83. The van der Waals surface area contributed by atoms with Gasteiger partial charge in [0.25, 0.3) is 0 Å². The van der Waals surface area contributed by atoms with Gasteiger partial charge < -0.3 is 21.3 Å². The topological polar surface area (TPSA) is 87.5 Å². The Morgan fingerprint density at radius 1 is 1.14 bits per heavy atom. The van der Waals surface area contributed by atoms with E-state index in [2.05, 4.69) is 10.6 Å². The van der Waals surface area contributed by atoms with E-state index in [0.717, 1.165) is 6.42 Å². The zero-order valence-electron chi connectivity index (χ0n) is 13.8. The number of likely N-dealkylation sites (N-methyl/N-ethyl adjacent to an activating group) is 1. The van der Waals surface area contributed by atoms with Gasteiger partial charge in [0.1, 0.15) is 0 Å². The molecule has 0 bridgehead atoms. The Balaban J connectivity index is 2.62. The summed E-state index contributed by atoms with van der Waals surface area (Å²) < 4.78 is 0. The summed E-state index contributed by atoms with van der Waals surface area (Å²) in [4.78, 5) is 25.5. The molecule has 1 rings (SSSR count). The smallest absolute Gasteiger partial charge is 0.244 e. The molecular formula is C16H26N4O2. The molecule has 1 atom stereocenters. The number of rotatable bonds is 7. The lowest BCUT2D eigenvalue weighted by Crippen LogP contribution is -2.48. The van der Waals surface area contributed by atoms with Crippen molar-refractivity contribution in [2.24, 2.45) is 5.73 Å². The van der Waals surface area contributed by atoms with E-state index in [-0.39, 0.29) is 11.8 Å². The van der Waals surface area contributed by atoms with Crippen LogP contribution in [-0.4, -0.2) is 42.9 Å². The minimum atomic E-state index is -0.882. The van der Waals surface area contributed by atoms with Gasteiger partial charge in [-0.2, -0.15) is 0 Å². The molecule has 0 aliphatic heterocycles. The largest absolute Gasteiger partial charge is 0.325 e. The van der Waals surface area contributed by atoms with E-state index >= 15 is 0 Å².